The number of carbonyl (C=O) groups excluding carboxylic acids is 2. The number of Topliss-reactive ketones (excluding diaryl/α,β-unsaturated/α-hetero) is 2. The molecule has 0 N–H and O–H groups in total. The third kappa shape index (κ3) is 3.45. The normalized spacial score (nSPS) is 15.1. The second kappa shape index (κ2) is 9.10. The van der Waals surface area contributed by atoms with E-state index < -0.39 is 13.3 Å². The number of allylic oxidation sites excluding steroid dienone is 1. The molecule has 2 heterocycles. The third-order valence-electron chi connectivity index (χ3n) is 8.83. The van der Waals surface area contributed by atoms with Gasteiger partial charge in [-0.25, -0.2) is 0 Å². The van der Waals surface area contributed by atoms with Gasteiger partial charge in [0, 0.05) is 0 Å². The summed E-state index contributed by atoms with van der Waals surface area (Å²) in [5.74, 6) is 5.41. The maximum absolute atomic E-state index is 13.8. The Morgan fingerprint density at radius 3 is 1.81 bits per heavy atom. The van der Waals surface area contributed by atoms with Crippen molar-refractivity contribution >= 4 is 78.4 Å². The molecule has 5 heteroatoms. The van der Waals surface area contributed by atoms with Crippen LogP contribution in [0.5, 0.6) is 0 Å². The van der Waals surface area contributed by atoms with Crippen molar-refractivity contribution in [2.45, 2.75) is 11.5 Å². The molecule has 0 radical (unpaired) electrons. The fourth-order valence-electron chi connectivity index (χ4n) is 6.78. The molecule has 0 amide bonds. The zero-order chi connectivity index (χ0) is 28.6. The van der Waals surface area contributed by atoms with Gasteiger partial charge in [0.1, 0.15) is 0 Å². The van der Waals surface area contributed by atoms with E-state index in [0.29, 0.717) is 11.1 Å². The first kappa shape index (κ1) is 24.9. The number of hydrogen-bond donors (Lipinski definition) is 0. The number of ketones is 2. The molecule has 0 bridgehead atoms. The fraction of sp³-hybridized carbons (Fsp3) is 0.0541. The molecule has 4 nitrogen and oxygen atoms in total. The monoisotopic (exact) mass is 604 g/mol. The molecule has 42 heavy (non-hydrogen) atoms. The predicted molar refractivity (Wildman–Crippen MR) is 174 cm³/mol. The minimum atomic E-state index is -2.52. The van der Waals surface area contributed by atoms with Crippen LogP contribution in [0.15, 0.2) is 121 Å². The van der Waals surface area contributed by atoms with E-state index in [-0.39, 0.29) is 17.1 Å². The Balaban J connectivity index is 1.23. The molecule has 1 aliphatic carbocycles. The van der Waals surface area contributed by atoms with Gasteiger partial charge in [0.15, 0.2) is 0 Å². The van der Waals surface area contributed by atoms with Crippen LogP contribution >= 0.6 is 0 Å². The number of aromatic nitrogens is 1. The van der Waals surface area contributed by atoms with Crippen molar-refractivity contribution in [1.82, 2.24) is 4.98 Å². The first-order chi connectivity index (χ1) is 20.4. The Kier molecular flexibility index (Phi) is 5.40. The van der Waals surface area contributed by atoms with Gasteiger partial charge in [-0.2, -0.15) is 0 Å². The van der Waals surface area contributed by atoms with Crippen molar-refractivity contribution < 1.29 is 9.59 Å². The Labute approximate surface area is 246 Å². The van der Waals surface area contributed by atoms with Crippen LogP contribution < -0.4 is 13.7 Å². The topological polar surface area (TPSA) is 50.3 Å². The van der Waals surface area contributed by atoms with Gasteiger partial charge in [0.2, 0.25) is 0 Å². The van der Waals surface area contributed by atoms with Gasteiger partial charge in [0.05, 0.1) is 0 Å². The number of benzene rings is 5. The number of anilines is 3. The van der Waals surface area contributed by atoms with E-state index in [1.54, 1.807) is 6.08 Å². The number of carbonyl (C=O) groups is 2. The summed E-state index contributed by atoms with van der Waals surface area (Å²) in [5, 5.41) is 3.63. The van der Waals surface area contributed by atoms with Crippen LogP contribution in [-0.2, 0) is 0 Å². The molecular formula is C37H26GeN2O2. The van der Waals surface area contributed by atoms with Crippen molar-refractivity contribution in [3.63, 3.8) is 0 Å². The van der Waals surface area contributed by atoms with E-state index in [0.717, 1.165) is 38.6 Å². The first-order valence-corrected chi connectivity index (χ1v) is 20.4. The molecule has 2 aliphatic rings. The molecule has 5 aromatic carbocycles. The van der Waals surface area contributed by atoms with Crippen LogP contribution in [0.3, 0.4) is 0 Å². The number of nitrogens with zero attached hydrogens (tertiary/aromatic N) is 2. The molecule has 0 spiro atoms. The average Bonchev–Trinajstić information content (AvgIpc) is 3.27. The molecule has 200 valence electrons. The summed E-state index contributed by atoms with van der Waals surface area (Å²) in [6.07, 6.45) is 3.60. The summed E-state index contributed by atoms with van der Waals surface area (Å²) in [7, 11) is 0. The zero-order valence-corrected chi connectivity index (χ0v) is 25.4. The van der Waals surface area contributed by atoms with Gasteiger partial charge in [0.25, 0.3) is 0 Å². The molecule has 0 saturated carbocycles. The van der Waals surface area contributed by atoms with Crippen LogP contribution in [0, 0.1) is 0 Å². The van der Waals surface area contributed by atoms with Crippen LogP contribution in [0.1, 0.15) is 26.3 Å². The van der Waals surface area contributed by atoms with E-state index >= 15 is 0 Å². The number of rotatable bonds is 2. The number of fused-ring (bicyclic) bond motifs is 8. The van der Waals surface area contributed by atoms with Gasteiger partial charge in [-0.05, 0) is 10.8 Å². The molecule has 0 saturated heterocycles. The Hall–Kier alpha value is -4.81. The predicted octanol–water partition coefficient (Wildman–Crippen LogP) is 7.46. The second-order valence-electron chi connectivity index (χ2n) is 11.5. The summed E-state index contributed by atoms with van der Waals surface area (Å²) in [4.78, 5) is 34.7. The summed E-state index contributed by atoms with van der Waals surface area (Å²) in [5.41, 5.74) is 4.21. The average molecular weight is 603 g/mol. The van der Waals surface area contributed by atoms with E-state index in [9.17, 15) is 9.59 Å². The van der Waals surface area contributed by atoms with Crippen molar-refractivity contribution in [2.24, 2.45) is 0 Å². The minimum absolute atomic E-state index is 0.210. The number of hydrogen-bond acceptors (Lipinski definition) is 4. The standard InChI is InChI=1S/C37H26GeN2O2/c1-38(2)30-14-7-8-16-32(30)40(37-31(38)15-9-21-39-37)24-19-17-23(18-20-24)22-29-35(41)33-27-12-5-3-10-25(27)26-11-4-6-13-28(26)34(33)36(29)42/h3-22H,1-2H3. The molecule has 6 aromatic rings. The van der Waals surface area contributed by atoms with E-state index in [4.69, 9.17) is 4.98 Å². The van der Waals surface area contributed by atoms with Crippen LogP contribution in [0.4, 0.5) is 17.2 Å². The molecular weight excluding hydrogens is 577 g/mol. The molecule has 0 fully saturated rings. The van der Waals surface area contributed by atoms with Crippen molar-refractivity contribution in [1.29, 1.82) is 0 Å². The molecule has 1 aliphatic heterocycles. The van der Waals surface area contributed by atoms with Crippen LogP contribution in [0.2, 0.25) is 11.5 Å². The SMILES string of the molecule is [CH3][Ge]1([CH3])[c]2ccccc2N(c2ccc(C=C3C(=O)c4c(c5ccccc5c5ccccc45)C3=O)cc2)c2nccc[c]21. The molecule has 0 unspecified atom stereocenters. The summed E-state index contributed by atoms with van der Waals surface area (Å²) in [6, 6.07) is 36.7. The Morgan fingerprint density at radius 1 is 0.619 bits per heavy atom. The Morgan fingerprint density at radius 2 is 1.17 bits per heavy atom. The van der Waals surface area contributed by atoms with E-state index in [2.05, 4.69) is 58.9 Å². The molecule has 1 aromatic heterocycles. The van der Waals surface area contributed by atoms with Gasteiger partial charge in [-0.15, -0.1) is 0 Å². The second-order valence-corrected chi connectivity index (χ2v) is 20.6. The molecule has 0 atom stereocenters. The maximum atomic E-state index is 13.8. The molecule has 8 rings (SSSR count). The van der Waals surface area contributed by atoms with Crippen molar-refractivity contribution in [3.8, 4) is 0 Å². The Bertz CT molecular complexity index is 2040. The van der Waals surface area contributed by atoms with Gasteiger partial charge >= 0.3 is 188 Å². The number of para-hydroxylation sites is 1. The van der Waals surface area contributed by atoms with Crippen molar-refractivity contribution in [2.75, 3.05) is 4.90 Å². The van der Waals surface area contributed by atoms with Gasteiger partial charge < -0.3 is 0 Å². The fourth-order valence-corrected chi connectivity index (χ4v) is 12.8. The summed E-state index contributed by atoms with van der Waals surface area (Å²) >= 11 is -2.52. The third-order valence-corrected chi connectivity index (χ3v) is 16.2. The van der Waals surface area contributed by atoms with Gasteiger partial charge in [-0.3, -0.25) is 0 Å². The summed E-state index contributed by atoms with van der Waals surface area (Å²) < 4.78 is 2.77. The first-order valence-electron chi connectivity index (χ1n) is 14.1. The summed E-state index contributed by atoms with van der Waals surface area (Å²) in [6.45, 7) is 0. The van der Waals surface area contributed by atoms with Crippen molar-refractivity contribution in [3.05, 3.63) is 138 Å². The zero-order valence-electron chi connectivity index (χ0n) is 23.3. The van der Waals surface area contributed by atoms with Crippen LogP contribution in [-0.4, -0.2) is 29.8 Å². The van der Waals surface area contributed by atoms with Gasteiger partial charge in [-0.1, -0.05) is 48.5 Å². The van der Waals surface area contributed by atoms with Crippen LogP contribution in [0.25, 0.3) is 27.6 Å². The quantitative estimate of drug-likeness (QED) is 0.0893. The van der Waals surface area contributed by atoms with E-state index in [1.807, 2.05) is 72.9 Å². The number of pyridine rings is 1. The van der Waals surface area contributed by atoms with E-state index in [1.165, 1.54) is 14.5 Å².